The third-order valence-corrected chi connectivity index (χ3v) is 18.6. The number of cyclic esters (lactones) is 1. The van der Waals surface area contributed by atoms with Gasteiger partial charge in [-0.2, -0.15) is 0 Å². The Morgan fingerprint density at radius 3 is 1.90 bits per heavy atom. The number of Topliss-reactive ketones (excluding diaryl/α,β-unsaturated/α-hetero) is 2. The number of ether oxygens (including phenoxy) is 4. The summed E-state index contributed by atoms with van der Waals surface area (Å²) in [4.78, 5) is 73.4. The van der Waals surface area contributed by atoms with Crippen LogP contribution in [0.4, 0.5) is 5.69 Å². The fourth-order valence-electron chi connectivity index (χ4n) is 13.1. The number of esters is 1. The normalized spacial score (nSPS) is 36.0. The number of nitrogens with zero attached hydrogens (tertiary/aromatic N) is 3. The fraction of sp³-hybridized carbons (Fsp3) is 0.653. The van der Waals surface area contributed by atoms with Crippen molar-refractivity contribution in [2.75, 3.05) is 65.2 Å². The Labute approximate surface area is 565 Å². The number of hydrogen-bond acceptors (Lipinski definition) is 22. The van der Waals surface area contributed by atoms with E-state index in [1.165, 1.54) is 0 Å². The summed E-state index contributed by atoms with van der Waals surface area (Å²) in [6.07, 6.45) is 6.15. The van der Waals surface area contributed by atoms with Crippen LogP contribution in [-0.4, -0.2) is 252 Å². The van der Waals surface area contributed by atoms with Crippen molar-refractivity contribution >= 4 is 35.0 Å². The lowest BCUT2D eigenvalue weighted by Crippen LogP contribution is -2.64. The Hall–Kier alpha value is -5.65. The maximum Gasteiger partial charge on any atom is 0.308 e. The fourth-order valence-corrected chi connectivity index (χ4v) is 13.1. The minimum Gasteiger partial charge on any atom is -0.461 e. The van der Waals surface area contributed by atoms with Crippen molar-refractivity contribution in [3.05, 3.63) is 115 Å². The summed E-state index contributed by atoms with van der Waals surface area (Å²) in [6, 6.07) is 5.72. The van der Waals surface area contributed by atoms with Gasteiger partial charge in [-0.1, -0.05) is 105 Å². The molecule has 0 spiro atoms. The molecule has 0 aliphatic carbocycles. The molecule has 0 aromatic heterocycles. The first kappa shape index (κ1) is 79.3. The molecule has 0 saturated carbocycles. The molecular formula is C72H109N5O19. The standard InChI is InChI=1S/C72H109N5O19/c1-47-21-17-14-12-10-8-6-7-9-11-13-15-18-22-59(94-71-68(90)66(67(89)49(3)93-71)74-63(87)29-32-76-30-19-16-20-31-76)44-62-65(70(91)77-35-33-75(5)34-36-77)61(86)46-72(92,96-62)45-58(84)41-56(82)39-54(80)37-53(79)38-55(81)40-57(83)43-64(88)95-69(47)48(2)23-28-52(78)42-60(85)50-24-26-51(73-4)27-25-50/h6-15,17-18,21-22,24-27,47-49,52-54,56-59,61-62,65-69,71,73,78-80,82-84,86,89-90,92H,16,19-20,23,28-46H2,1-5H3,(H,74,87)/b7-6-,10-8-,11-9+,14-12+,15-13+,21-17+,22-18+/t47?,48?,49-,52?,53?,54?,56?,57?,58?,59?,61?,62?,65?,66+,67-,68+,69?,71+,72?/m1/s1. The van der Waals surface area contributed by atoms with E-state index in [4.69, 9.17) is 18.9 Å². The zero-order chi connectivity index (χ0) is 69.9. The van der Waals surface area contributed by atoms with E-state index in [1.54, 1.807) is 104 Å². The van der Waals surface area contributed by atoms with Gasteiger partial charge in [-0.15, -0.1) is 0 Å². The number of piperazine rings is 1. The van der Waals surface area contributed by atoms with Gasteiger partial charge in [0, 0.05) is 102 Å². The van der Waals surface area contributed by atoms with Crippen LogP contribution in [0.15, 0.2) is 109 Å². The number of fused-ring (bicyclic) bond motifs is 2. The molecular weight excluding hydrogens is 1240 g/mol. The van der Waals surface area contributed by atoms with Gasteiger partial charge in [0.25, 0.3) is 0 Å². The number of likely N-dealkylation sites (N-methyl/N-ethyl adjacent to an activating group) is 1. The molecule has 14 unspecified atom stereocenters. The van der Waals surface area contributed by atoms with Gasteiger partial charge in [0.15, 0.2) is 17.9 Å². The van der Waals surface area contributed by atoms with Crippen molar-refractivity contribution in [1.29, 1.82) is 0 Å². The topological polar surface area (TPSA) is 358 Å². The van der Waals surface area contributed by atoms with E-state index in [1.807, 2.05) is 45.2 Å². The summed E-state index contributed by atoms with van der Waals surface area (Å²) < 4.78 is 25.0. The molecule has 5 aliphatic heterocycles. The zero-order valence-corrected chi connectivity index (χ0v) is 56.5. The molecule has 24 heteroatoms. The number of aliphatic hydroxyl groups is 10. The highest BCUT2D eigenvalue weighted by Crippen LogP contribution is 2.39. The molecule has 6 rings (SSSR count). The van der Waals surface area contributed by atoms with E-state index in [9.17, 15) is 75.0 Å². The molecule has 24 nitrogen and oxygen atoms in total. The van der Waals surface area contributed by atoms with Crippen LogP contribution >= 0.6 is 0 Å². The number of hydrogen-bond donors (Lipinski definition) is 12. The minimum absolute atomic E-state index is 0.106. The van der Waals surface area contributed by atoms with E-state index < -0.39 is 160 Å². The van der Waals surface area contributed by atoms with Gasteiger partial charge in [0.1, 0.15) is 24.1 Å². The van der Waals surface area contributed by atoms with Crippen LogP contribution in [0, 0.1) is 17.8 Å². The number of piperidine rings is 1. The average molecular weight is 1350 g/mol. The predicted octanol–water partition coefficient (Wildman–Crippen LogP) is 3.47. The Morgan fingerprint density at radius 1 is 0.688 bits per heavy atom. The number of carbonyl (C=O) groups excluding carboxylic acids is 5. The number of likely N-dealkylation sites (tertiary alicyclic amines) is 1. The van der Waals surface area contributed by atoms with E-state index in [0.29, 0.717) is 44.7 Å². The average Bonchev–Trinajstić information content (AvgIpc) is 0.779. The van der Waals surface area contributed by atoms with Crippen LogP contribution in [0.1, 0.15) is 134 Å². The van der Waals surface area contributed by atoms with Crippen molar-refractivity contribution < 1.29 is 94.0 Å². The summed E-state index contributed by atoms with van der Waals surface area (Å²) in [5.41, 5.74) is 1.30. The Bertz CT molecular complexity index is 2780. The quantitative estimate of drug-likeness (QED) is 0.0883. The van der Waals surface area contributed by atoms with Crippen LogP contribution in [0.25, 0.3) is 0 Å². The molecule has 4 fully saturated rings. The summed E-state index contributed by atoms with van der Waals surface area (Å²) in [5, 5.41) is 119. The second-order valence-electron chi connectivity index (χ2n) is 26.9. The second-order valence-corrected chi connectivity index (χ2v) is 26.9. The SMILES string of the molecule is CNc1ccc(C(=O)CC(O)CCC(C)C2OC(=O)CC(O)CC(=O)CC(O)CC(O)CC(O)CC(O)CC3(O)CC(O)C(C(=O)N4CCN(C)CC4)C(CC(O[C@@H]4O[C@H](C)[C@@H](O)[C@H](NC(=O)CCN5CCCCC5)[C@@H]4O)/C=C/C=C/C=C/C=C\C=C/C=C/C=C/C2C)O3)cc1. The molecule has 19 atom stereocenters. The Kier molecular flexibility index (Phi) is 33.4. The molecule has 1 aromatic carbocycles. The van der Waals surface area contributed by atoms with Gasteiger partial charge in [0.2, 0.25) is 11.8 Å². The van der Waals surface area contributed by atoms with Crippen molar-refractivity contribution in [3.63, 3.8) is 0 Å². The van der Waals surface area contributed by atoms with Crippen LogP contribution in [0.3, 0.4) is 0 Å². The van der Waals surface area contributed by atoms with Gasteiger partial charge in [0.05, 0.1) is 79.4 Å². The maximum atomic E-state index is 14.6. The third kappa shape index (κ3) is 26.9. The van der Waals surface area contributed by atoms with E-state index >= 15 is 0 Å². The lowest BCUT2D eigenvalue weighted by Gasteiger charge is -2.47. The lowest BCUT2D eigenvalue weighted by molar-refractivity contribution is -0.308. The molecule has 2 bridgehead atoms. The molecule has 5 heterocycles. The predicted molar refractivity (Wildman–Crippen MR) is 360 cm³/mol. The first-order valence-electron chi connectivity index (χ1n) is 34.3. The first-order valence-corrected chi connectivity index (χ1v) is 34.3. The van der Waals surface area contributed by atoms with E-state index in [2.05, 4.69) is 20.4 Å². The summed E-state index contributed by atoms with van der Waals surface area (Å²) in [5.74, 6) is -6.73. The molecule has 4 saturated heterocycles. The van der Waals surface area contributed by atoms with Crippen molar-refractivity contribution in [2.24, 2.45) is 17.8 Å². The monoisotopic (exact) mass is 1350 g/mol. The summed E-state index contributed by atoms with van der Waals surface area (Å²) in [6.45, 7) is 9.35. The van der Waals surface area contributed by atoms with Crippen LogP contribution in [-0.2, 0) is 38.1 Å². The van der Waals surface area contributed by atoms with E-state index in [0.717, 1.165) is 38.0 Å². The van der Waals surface area contributed by atoms with Crippen molar-refractivity contribution in [1.82, 2.24) is 20.0 Å². The largest absolute Gasteiger partial charge is 0.461 e. The van der Waals surface area contributed by atoms with E-state index in [-0.39, 0.29) is 62.1 Å². The highest BCUT2D eigenvalue weighted by atomic mass is 16.7. The number of carbonyl (C=O) groups is 5. The third-order valence-electron chi connectivity index (χ3n) is 18.6. The molecule has 12 N–H and O–H groups in total. The summed E-state index contributed by atoms with van der Waals surface area (Å²) in [7, 11) is 3.69. The van der Waals surface area contributed by atoms with Crippen molar-refractivity contribution in [3.8, 4) is 0 Å². The number of allylic oxidation sites excluding steroid dienone is 12. The number of rotatable bonds is 15. The summed E-state index contributed by atoms with van der Waals surface area (Å²) >= 11 is 0. The number of amides is 2. The lowest BCUT2D eigenvalue weighted by atomic mass is 9.81. The molecule has 5 aliphatic rings. The van der Waals surface area contributed by atoms with Gasteiger partial charge >= 0.3 is 5.97 Å². The minimum atomic E-state index is -2.31. The molecule has 96 heavy (non-hydrogen) atoms. The van der Waals surface area contributed by atoms with Gasteiger partial charge in [-0.05, 0) is 102 Å². The van der Waals surface area contributed by atoms with Crippen LogP contribution in [0.5, 0.6) is 0 Å². The molecule has 0 radical (unpaired) electrons. The Morgan fingerprint density at radius 2 is 1.27 bits per heavy atom. The zero-order valence-electron chi connectivity index (χ0n) is 56.5. The number of anilines is 1. The molecule has 1 aromatic rings. The number of nitrogens with one attached hydrogen (secondary N) is 2. The van der Waals surface area contributed by atoms with Crippen molar-refractivity contribution in [2.45, 2.75) is 221 Å². The van der Waals surface area contributed by atoms with Gasteiger partial charge in [-0.3, -0.25) is 24.0 Å². The number of ketones is 2. The van der Waals surface area contributed by atoms with Gasteiger partial charge in [-0.25, -0.2) is 0 Å². The first-order chi connectivity index (χ1) is 45.8. The van der Waals surface area contributed by atoms with Gasteiger partial charge < -0.3 is 95.3 Å². The maximum absolute atomic E-state index is 14.6. The second kappa shape index (κ2) is 40.4. The smallest absolute Gasteiger partial charge is 0.308 e. The highest BCUT2D eigenvalue weighted by Gasteiger charge is 2.52. The molecule has 2 amide bonds. The van der Waals surface area contributed by atoms with Crippen LogP contribution in [0.2, 0.25) is 0 Å². The molecule has 536 valence electrons. The van der Waals surface area contributed by atoms with Crippen LogP contribution < -0.4 is 10.6 Å². The highest BCUT2D eigenvalue weighted by molar-refractivity contribution is 5.96. The number of benzene rings is 1. The number of aliphatic hydroxyl groups excluding tert-OH is 9. The Balaban J connectivity index is 1.22.